The Morgan fingerprint density at radius 1 is 1.05 bits per heavy atom. The van der Waals surface area contributed by atoms with Crippen molar-refractivity contribution in [1.82, 2.24) is 9.21 Å². The fourth-order valence-electron chi connectivity index (χ4n) is 4.85. The molecule has 3 atom stereocenters. The average molecular weight is 598 g/mol. The Morgan fingerprint density at radius 2 is 1.62 bits per heavy atom. The molecule has 0 spiro atoms. The Hall–Kier alpha value is -2.62. The number of benzene rings is 2. The molecule has 1 aliphatic heterocycles. The Labute approximate surface area is 239 Å². The van der Waals surface area contributed by atoms with Gasteiger partial charge < -0.3 is 10.0 Å². The minimum Gasteiger partial charge on any atom is -0.481 e. The maximum Gasteiger partial charge on any atom is 0.304 e. The normalized spacial score (nSPS) is 21.9. The first kappa shape index (κ1) is 30.9. The second-order valence-corrected chi connectivity index (χ2v) is 13.3. The molecule has 8 nitrogen and oxygen atoms in total. The summed E-state index contributed by atoms with van der Waals surface area (Å²) in [5.74, 6) is -2.23. The van der Waals surface area contributed by atoms with E-state index in [0.717, 1.165) is 14.9 Å². The van der Waals surface area contributed by atoms with Crippen LogP contribution in [-0.2, 0) is 24.4 Å². The van der Waals surface area contributed by atoms with E-state index in [4.69, 9.17) is 23.2 Å². The van der Waals surface area contributed by atoms with Crippen molar-refractivity contribution in [3.8, 4) is 0 Å². The zero-order valence-electron chi connectivity index (χ0n) is 22.2. The van der Waals surface area contributed by atoms with Crippen LogP contribution >= 0.6 is 23.2 Å². The predicted molar refractivity (Wildman–Crippen MR) is 151 cm³/mol. The van der Waals surface area contributed by atoms with E-state index in [0.29, 0.717) is 30.7 Å². The number of carboxylic acids is 1. The smallest absolute Gasteiger partial charge is 0.304 e. The fraction of sp³-hybridized carbons (Fsp3) is 0.464. The zero-order chi connectivity index (χ0) is 29.0. The third-order valence-electron chi connectivity index (χ3n) is 7.23. The lowest BCUT2D eigenvalue weighted by molar-refractivity contribution is -0.162. The minimum atomic E-state index is -3.78. The average Bonchev–Trinajstić information content (AvgIpc) is 3.74. The van der Waals surface area contributed by atoms with Crippen LogP contribution in [-0.4, -0.2) is 58.9 Å². The number of piperidine rings is 1. The van der Waals surface area contributed by atoms with Gasteiger partial charge in [0.25, 0.3) is 5.91 Å². The number of rotatable bonds is 8. The van der Waals surface area contributed by atoms with Gasteiger partial charge in [0, 0.05) is 17.1 Å². The number of halogens is 2. The molecule has 2 aromatic carbocycles. The van der Waals surface area contributed by atoms with Gasteiger partial charge >= 0.3 is 5.97 Å². The Balaban J connectivity index is 0.000000520. The van der Waals surface area contributed by atoms with Crippen molar-refractivity contribution in [2.45, 2.75) is 69.7 Å². The van der Waals surface area contributed by atoms with E-state index in [2.05, 4.69) is 0 Å². The molecule has 0 aromatic heterocycles. The first-order valence-corrected chi connectivity index (χ1v) is 15.1. The Kier molecular flexibility index (Phi) is 10.1. The van der Waals surface area contributed by atoms with Gasteiger partial charge in [-0.3, -0.25) is 14.4 Å². The summed E-state index contributed by atoms with van der Waals surface area (Å²) in [6.07, 6.45) is 1.65. The molecule has 1 aliphatic carbocycles. The van der Waals surface area contributed by atoms with Gasteiger partial charge in [-0.15, -0.1) is 0 Å². The fourth-order valence-corrected chi connectivity index (χ4v) is 6.68. The van der Waals surface area contributed by atoms with Crippen molar-refractivity contribution in [1.29, 1.82) is 0 Å². The third-order valence-corrected chi connectivity index (χ3v) is 9.99. The number of carboxylic acid groups (broad SMARTS) is 1. The summed E-state index contributed by atoms with van der Waals surface area (Å²) in [6, 6.07) is 14.8. The monoisotopic (exact) mass is 596 g/mol. The highest BCUT2D eigenvalue weighted by molar-refractivity contribution is 7.90. The predicted octanol–water partition coefficient (Wildman–Crippen LogP) is 5.55. The molecular formula is C28H34Cl2N2O6S. The summed E-state index contributed by atoms with van der Waals surface area (Å²) in [6.45, 7) is 3.31. The van der Waals surface area contributed by atoms with Crippen molar-refractivity contribution >= 4 is 51.0 Å². The summed E-state index contributed by atoms with van der Waals surface area (Å²) in [5, 5.41) is 10.1. The molecule has 1 heterocycles. The topological polar surface area (TPSA) is 112 Å². The number of carbonyl (C=O) groups excluding carboxylic acids is 2. The Bertz CT molecular complexity index is 1280. The van der Waals surface area contributed by atoms with Gasteiger partial charge in [0.2, 0.25) is 15.9 Å². The number of aliphatic carboxylic acids is 1. The molecule has 2 aliphatic rings. The maximum absolute atomic E-state index is 13.7. The van der Waals surface area contributed by atoms with E-state index < -0.39 is 50.6 Å². The number of likely N-dealkylation sites (tertiary alicyclic amines) is 1. The van der Waals surface area contributed by atoms with Crippen LogP contribution in [0.15, 0.2) is 54.6 Å². The van der Waals surface area contributed by atoms with Crippen molar-refractivity contribution in [2.24, 2.45) is 5.41 Å². The molecule has 2 unspecified atom stereocenters. The largest absolute Gasteiger partial charge is 0.481 e. The molecular weight excluding hydrogens is 563 g/mol. The van der Waals surface area contributed by atoms with E-state index >= 15 is 0 Å². The lowest BCUT2D eigenvalue weighted by Gasteiger charge is -2.47. The van der Waals surface area contributed by atoms with E-state index in [1.165, 1.54) is 11.9 Å². The van der Waals surface area contributed by atoms with Gasteiger partial charge in [0.15, 0.2) is 0 Å². The molecule has 2 amide bonds. The van der Waals surface area contributed by atoms with Crippen LogP contribution in [0.1, 0.15) is 64.0 Å². The summed E-state index contributed by atoms with van der Waals surface area (Å²) in [4.78, 5) is 39.9. The van der Waals surface area contributed by atoms with Crippen LogP contribution in [0, 0.1) is 5.41 Å². The van der Waals surface area contributed by atoms with Crippen molar-refractivity contribution in [3.05, 3.63) is 70.2 Å². The molecule has 4 rings (SSSR count). The molecule has 11 heteroatoms. The van der Waals surface area contributed by atoms with E-state index in [1.54, 1.807) is 38.1 Å². The highest BCUT2D eigenvalue weighted by Crippen LogP contribution is 2.44. The second-order valence-electron chi connectivity index (χ2n) is 10.2. The quantitative estimate of drug-likeness (QED) is 0.427. The molecule has 1 N–H and O–H groups in total. The molecule has 0 radical (unpaired) electrons. The molecule has 0 bridgehead atoms. The molecule has 39 heavy (non-hydrogen) atoms. The van der Waals surface area contributed by atoms with Gasteiger partial charge in [-0.1, -0.05) is 67.4 Å². The second kappa shape index (κ2) is 12.7. The van der Waals surface area contributed by atoms with Crippen LogP contribution in [0.5, 0.6) is 0 Å². The van der Waals surface area contributed by atoms with Crippen molar-refractivity contribution < 1.29 is 27.9 Å². The standard InChI is InChI=1S/C22H29ClN2O6S.C6H5Cl/c1-4-17(20(28)24(3)32(30,31)16-9-10-16)25-18(14-5-7-15(23)8-6-14)11-12-22(2,21(25)29)13-19(26)27;7-6-4-2-1-3-5-6/h5-8,16-18H,4,9-13H2,1-3H3,(H,26,27);1-5H/t17?,18?,22-;/m0./s1. The number of amides is 2. The van der Waals surface area contributed by atoms with Crippen LogP contribution < -0.4 is 0 Å². The van der Waals surface area contributed by atoms with E-state index in [-0.39, 0.29) is 12.8 Å². The summed E-state index contributed by atoms with van der Waals surface area (Å²) in [5.41, 5.74) is -0.421. The molecule has 1 saturated heterocycles. The van der Waals surface area contributed by atoms with Crippen molar-refractivity contribution in [3.63, 3.8) is 0 Å². The summed E-state index contributed by atoms with van der Waals surface area (Å²) >= 11 is 11.6. The molecule has 2 aromatic rings. The lowest BCUT2D eigenvalue weighted by atomic mass is 9.74. The first-order chi connectivity index (χ1) is 18.3. The van der Waals surface area contributed by atoms with Gasteiger partial charge in [0.05, 0.1) is 23.1 Å². The minimum absolute atomic E-state index is 0.197. The number of carbonyl (C=O) groups is 3. The SMILES string of the molecule is CCC(C(=O)N(C)S(=O)(=O)C1CC1)N1C(=O)[C@](C)(CC(=O)O)CCC1c1ccc(Cl)cc1.Clc1ccccc1. The number of sulfonamides is 1. The van der Waals surface area contributed by atoms with Crippen molar-refractivity contribution in [2.75, 3.05) is 7.05 Å². The highest BCUT2D eigenvalue weighted by Gasteiger charge is 2.50. The van der Waals surface area contributed by atoms with Crippen LogP contribution in [0.3, 0.4) is 0 Å². The van der Waals surface area contributed by atoms with Crippen LogP contribution in [0.4, 0.5) is 0 Å². The summed E-state index contributed by atoms with van der Waals surface area (Å²) in [7, 11) is -2.54. The van der Waals surface area contributed by atoms with Gasteiger partial charge in [0.1, 0.15) is 6.04 Å². The van der Waals surface area contributed by atoms with E-state index in [9.17, 15) is 27.9 Å². The maximum atomic E-state index is 13.7. The number of nitrogens with zero attached hydrogens (tertiary/aromatic N) is 2. The van der Waals surface area contributed by atoms with Gasteiger partial charge in [-0.05, 0) is 61.9 Å². The first-order valence-electron chi connectivity index (χ1n) is 12.8. The summed E-state index contributed by atoms with van der Waals surface area (Å²) < 4.78 is 26.2. The van der Waals surface area contributed by atoms with Gasteiger partial charge in [-0.2, -0.15) is 0 Å². The van der Waals surface area contributed by atoms with Gasteiger partial charge in [-0.25, -0.2) is 12.7 Å². The zero-order valence-corrected chi connectivity index (χ0v) is 24.5. The molecule has 212 valence electrons. The number of hydrogen-bond acceptors (Lipinski definition) is 5. The third kappa shape index (κ3) is 7.32. The highest BCUT2D eigenvalue weighted by atomic mass is 35.5. The number of likely N-dealkylation sites (N-methyl/N-ethyl adjacent to an activating group) is 1. The van der Waals surface area contributed by atoms with Crippen LogP contribution in [0.25, 0.3) is 0 Å². The molecule has 2 fully saturated rings. The Morgan fingerprint density at radius 3 is 2.08 bits per heavy atom. The van der Waals surface area contributed by atoms with Crippen LogP contribution in [0.2, 0.25) is 10.0 Å². The molecule has 1 saturated carbocycles. The van der Waals surface area contributed by atoms with E-state index in [1.807, 2.05) is 30.3 Å². The lowest BCUT2D eigenvalue weighted by Crippen LogP contribution is -2.58. The number of hydrogen-bond donors (Lipinski definition) is 1.